The predicted octanol–water partition coefficient (Wildman–Crippen LogP) is 10.3. The monoisotopic (exact) mass is 614 g/mol. The minimum atomic E-state index is -3.61. The van der Waals surface area contributed by atoms with Crippen molar-refractivity contribution in [2.75, 3.05) is 14.2 Å². The predicted molar refractivity (Wildman–Crippen MR) is 187 cm³/mol. The van der Waals surface area contributed by atoms with Gasteiger partial charge in [0.05, 0.1) is 24.4 Å². The third-order valence-corrected chi connectivity index (χ3v) is 10.5. The van der Waals surface area contributed by atoms with Crippen molar-refractivity contribution in [2.45, 2.75) is 90.2 Å². The van der Waals surface area contributed by atoms with Crippen molar-refractivity contribution in [2.24, 2.45) is 0 Å². The molecule has 1 atom stereocenters. The average Bonchev–Trinajstić information content (AvgIpc) is 3.00. The fraction of sp³-hybridized carbons (Fsp3) is 0.385. The largest absolute Gasteiger partial charge is 0.496 e. The molecule has 0 aliphatic heterocycles. The number of ether oxygens (including phenoxy) is 2. The van der Waals surface area contributed by atoms with Crippen LogP contribution in [0.15, 0.2) is 106 Å². The lowest BCUT2D eigenvalue weighted by Crippen LogP contribution is -2.22. The molecule has 0 spiro atoms. The van der Waals surface area contributed by atoms with E-state index in [2.05, 4.69) is 45.9 Å². The molecule has 0 radical (unpaired) electrons. The molecule has 0 bridgehead atoms. The van der Waals surface area contributed by atoms with Gasteiger partial charge in [0.1, 0.15) is 11.5 Å². The van der Waals surface area contributed by atoms with Gasteiger partial charge in [-0.25, -0.2) is 8.42 Å². The van der Waals surface area contributed by atoms with Crippen molar-refractivity contribution in [3.8, 4) is 11.5 Å². The van der Waals surface area contributed by atoms with Gasteiger partial charge in [-0.1, -0.05) is 89.1 Å². The van der Waals surface area contributed by atoms with Gasteiger partial charge in [0.25, 0.3) is 0 Å². The normalized spacial score (nSPS) is 13.6. The minimum absolute atomic E-state index is 0.347. The summed E-state index contributed by atoms with van der Waals surface area (Å²) in [5.74, 6) is 1.61. The van der Waals surface area contributed by atoms with Gasteiger partial charge in [-0.2, -0.15) is 0 Å². The maximum absolute atomic E-state index is 14.0. The number of hydrogen-bond donors (Lipinski definition) is 0. The quantitative estimate of drug-likeness (QED) is 0.160. The Labute approximate surface area is 266 Å². The molecule has 5 heteroatoms. The van der Waals surface area contributed by atoms with Crippen LogP contribution in [0.3, 0.4) is 0 Å². The SMILES string of the molecule is COc1c(C)c(C/C=C(\C)C(C/C=C(\C)CC/C=C(\C)CCC=C(C)C)S(=O)(=O)c2ccccc2)c(OC)c2ccccc12. The molecule has 0 fully saturated rings. The van der Waals surface area contributed by atoms with E-state index >= 15 is 0 Å². The van der Waals surface area contributed by atoms with E-state index in [4.69, 9.17) is 9.47 Å². The average molecular weight is 615 g/mol. The molecule has 3 rings (SSSR count). The van der Waals surface area contributed by atoms with Gasteiger partial charge < -0.3 is 9.47 Å². The van der Waals surface area contributed by atoms with Crippen molar-refractivity contribution in [3.63, 3.8) is 0 Å². The van der Waals surface area contributed by atoms with E-state index < -0.39 is 15.1 Å². The summed E-state index contributed by atoms with van der Waals surface area (Å²) < 4.78 is 39.7. The van der Waals surface area contributed by atoms with Crippen LogP contribution in [0.25, 0.3) is 10.8 Å². The van der Waals surface area contributed by atoms with Crippen LogP contribution in [-0.2, 0) is 16.3 Å². The van der Waals surface area contributed by atoms with Crippen LogP contribution in [0.4, 0.5) is 0 Å². The second-order valence-electron chi connectivity index (χ2n) is 11.9. The summed E-state index contributed by atoms with van der Waals surface area (Å²) >= 11 is 0. The molecule has 0 aliphatic rings. The smallest absolute Gasteiger partial charge is 0.185 e. The molecule has 0 N–H and O–H groups in total. The summed E-state index contributed by atoms with van der Waals surface area (Å²) in [7, 11) is -0.241. The van der Waals surface area contributed by atoms with Crippen LogP contribution in [0.2, 0.25) is 0 Å². The maximum atomic E-state index is 14.0. The summed E-state index contributed by atoms with van der Waals surface area (Å²) in [6, 6.07) is 16.8. The Kier molecular flexibility index (Phi) is 13.1. The molecule has 0 aliphatic carbocycles. The van der Waals surface area contributed by atoms with Gasteiger partial charge in [-0.05, 0) is 97.8 Å². The standard InChI is InChI=1S/C39H50O4S/c1-28(2)16-14-17-29(3)18-15-19-30(4)24-27-37(44(40,41)33-20-10-9-11-21-33)31(5)25-26-34-32(6)38(42-7)35-22-12-13-23-36(35)39(34)43-8/h9-13,16,18,20-25,37H,14-15,17,19,26-27H2,1-8H3/b29-18+,30-24+,31-25+. The van der Waals surface area contributed by atoms with Gasteiger partial charge in [-0.3, -0.25) is 0 Å². The van der Waals surface area contributed by atoms with Gasteiger partial charge in [-0.15, -0.1) is 0 Å². The van der Waals surface area contributed by atoms with Crippen LogP contribution in [-0.4, -0.2) is 27.9 Å². The molecule has 0 heterocycles. The van der Waals surface area contributed by atoms with Crippen LogP contribution in [0.1, 0.15) is 77.8 Å². The number of hydrogen-bond acceptors (Lipinski definition) is 4. The fourth-order valence-electron chi connectivity index (χ4n) is 5.67. The van der Waals surface area contributed by atoms with Crippen LogP contribution >= 0.6 is 0 Å². The van der Waals surface area contributed by atoms with Crippen molar-refractivity contribution < 1.29 is 17.9 Å². The van der Waals surface area contributed by atoms with E-state index in [0.717, 1.165) is 64.7 Å². The van der Waals surface area contributed by atoms with Crippen LogP contribution in [0.5, 0.6) is 11.5 Å². The van der Waals surface area contributed by atoms with Gasteiger partial charge in [0, 0.05) is 16.3 Å². The molecule has 0 aromatic heterocycles. The molecule has 0 saturated carbocycles. The van der Waals surface area contributed by atoms with Gasteiger partial charge >= 0.3 is 0 Å². The Balaban J connectivity index is 1.91. The first kappa shape index (κ1) is 34.9. The molecule has 0 saturated heterocycles. The third-order valence-electron chi connectivity index (χ3n) is 8.28. The Morgan fingerprint density at radius 2 is 1.27 bits per heavy atom. The Morgan fingerprint density at radius 3 is 1.86 bits per heavy atom. The molecule has 1 unspecified atom stereocenters. The molecule has 236 valence electrons. The highest BCUT2D eigenvalue weighted by atomic mass is 32.2. The first-order chi connectivity index (χ1) is 21.0. The first-order valence-corrected chi connectivity index (χ1v) is 17.1. The second kappa shape index (κ2) is 16.5. The highest BCUT2D eigenvalue weighted by Gasteiger charge is 2.28. The molecule has 44 heavy (non-hydrogen) atoms. The number of rotatable bonds is 15. The van der Waals surface area contributed by atoms with E-state index in [9.17, 15) is 8.42 Å². The van der Waals surface area contributed by atoms with Crippen molar-refractivity contribution in [1.82, 2.24) is 0 Å². The summed E-state index contributed by atoms with van der Waals surface area (Å²) in [6.45, 7) is 12.5. The maximum Gasteiger partial charge on any atom is 0.185 e. The van der Waals surface area contributed by atoms with Gasteiger partial charge in [0.15, 0.2) is 9.84 Å². The zero-order valence-electron chi connectivity index (χ0n) is 27.9. The Hall–Kier alpha value is -3.57. The van der Waals surface area contributed by atoms with Crippen LogP contribution < -0.4 is 9.47 Å². The number of allylic oxidation sites excluding steroid dienone is 7. The van der Waals surface area contributed by atoms with E-state index in [-0.39, 0.29) is 0 Å². The lowest BCUT2D eigenvalue weighted by Gasteiger charge is -2.20. The Morgan fingerprint density at radius 1 is 0.727 bits per heavy atom. The highest BCUT2D eigenvalue weighted by molar-refractivity contribution is 7.92. The van der Waals surface area contributed by atoms with Crippen LogP contribution in [0, 0.1) is 6.92 Å². The van der Waals surface area contributed by atoms with E-state index in [0.29, 0.717) is 17.7 Å². The Bertz CT molecular complexity index is 1640. The summed E-state index contributed by atoms with van der Waals surface area (Å²) in [4.78, 5) is 0.347. The minimum Gasteiger partial charge on any atom is -0.496 e. The zero-order valence-corrected chi connectivity index (χ0v) is 28.7. The molecule has 3 aromatic rings. The zero-order chi connectivity index (χ0) is 32.3. The summed E-state index contributed by atoms with van der Waals surface area (Å²) in [5.41, 5.74) is 6.77. The number of fused-ring (bicyclic) bond motifs is 1. The van der Waals surface area contributed by atoms with E-state index in [1.165, 1.54) is 16.7 Å². The summed E-state index contributed by atoms with van der Waals surface area (Å²) in [5, 5.41) is 1.30. The van der Waals surface area contributed by atoms with Gasteiger partial charge in [0.2, 0.25) is 0 Å². The lowest BCUT2D eigenvalue weighted by atomic mass is 9.95. The van der Waals surface area contributed by atoms with Crippen molar-refractivity contribution >= 4 is 20.6 Å². The number of benzene rings is 3. The topological polar surface area (TPSA) is 52.6 Å². The fourth-order valence-corrected chi connectivity index (χ4v) is 7.47. The van der Waals surface area contributed by atoms with Crippen molar-refractivity contribution in [1.29, 1.82) is 0 Å². The summed E-state index contributed by atoms with van der Waals surface area (Å²) in [6.07, 6.45) is 13.7. The number of sulfone groups is 1. The molecular formula is C39H50O4S. The first-order valence-electron chi connectivity index (χ1n) is 15.5. The second-order valence-corrected chi connectivity index (χ2v) is 14.0. The molecule has 4 nitrogen and oxygen atoms in total. The molecule has 0 amide bonds. The molecular weight excluding hydrogens is 564 g/mol. The highest BCUT2D eigenvalue weighted by Crippen LogP contribution is 2.41. The lowest BCUT2D eigenvalue weighted by molar-refractivity contribution is 0.404. The van der Waals surface area contributed by atoms with Crippen molar-refractivity contribution in [3.05, 3.63) is 112 Å². The van der Waals surface area contributed by atoms with E-state index in [1.807, 2.05) is 50.3 Å². The van der Waals surface area contributed by atoms with E-state index in [1.54, 1.807) is 38.5 Å². The number of methoxy groups -OCH3 is 2. The molecule has 3 aromatic carbocycles. The third kappa shape index (κ3) is 8.98.